The van der Waals surface area contributed by atoms with Gasteiger partial charge in [0.2, 0.25) is 0 Å². The zero-order valence-electron chi connectivity index (χ0n) is 18.8. The molecule has 7 unspecified atom stereocenters. The molecule has 0 aliphatic heterocycles. The van der Waals surface area contributed by atoms with E-state index in [0.717, 1.165) is 35.5 Å². The summed E-state index contributed by atoms with van der Waals surface area (Å²) in [6.07, 6.45) is 22.0. The van der Waals surface area contributed by atoms with Crippen LogP contribution in [-0.2, 0) is 0 Å². The van der Waals surface area contributed by atoms with E-state index in [9.17, 15) is 0 Å². The molecular formula is C27H44. The molecule has 0 aromatic heterocycles. The summed E-state index contributed by atoms with van der Waals surface area (Å²) in [7, 11) is 0. The molecule has 2 saturated carbocycles. The summed E-state index contributed by atoms with van der Waals surface area (Å²) in [6, 6.07) is 0. The van der Waals surface area contributed by atoms with E-state index < -0.39 is 0 Å². The normalized spacial score (nSPS) is 44.4. The first-order chi connectivity index (χ1) is 12.9. The molecule has 0 heteroatoms. The topological polar surface area (TPSA) is 0 Å². The first kappa shape index (κ1) is 19.8. The van der Waals surface area contributed by atoms with Gasteiger partial charge in [0.15, 0.2) is 0 Å². The van der Waals surface area contributed by atoms with E-state index in [2.05, 4.69) is 52.8 Å². The minimum Gasteiger partial charge on any atom is -0.0882 e. The fourth-order valence-electron chi connectivity index (χ4n) is 8.12. The van der Waals surface area contributed by atoms with Crippen LogP contribution in [0.3, 0.4) is 0 Å². The fraction of sp³-hybridized carbons (Fsp3) is 0.852. The van der Waals surface area contributed by atoms with Crippen molar-refractivity contribution in [3.8, 4) is 0 Å². The summed E-state index contributed by atoms with van der Waals surface area (Å²) in [5.41, 5.74) is 3.07. The molecule has 2 fully saturated rings. The van der Waals surface area contributed by atoms with E-state index in [0.29, 0.717) is 10.8 Å². The summed E-state index contributed by atoms with van der Waals surface area (Å²) in [4.78, 5) is 0. The van der Waals surface area contributed by atoms with Crippen LogP contribution in [0.4, 0.5) is 0 Å². The molecule has 0 spiro atoms. The molecule has 152 valence electrons. The standard InChI is InChI=1S/C27H44/c1-19(2)9-8-10-20(3)23-14-15-24-22-13-12-21-11-6-7-17-26(21,4)25(22)16-18-27(23,24)5/h6-7,13,19-21,23-25H,8-12,14-18H2,1-5H3. The highest BCUT2D eigenvalue weighted by molar-refractivity contribution is 5.28. The van der Waals surface area contributed by atoms with Crippen LogP contribution in [0.1, 0.15) is 98.8 Å². The average Bonchev–Trinajstić information content (AvgIpc) is 2.98. The summed E-state index contributed by atoms with van der Waals surface area (Å²) in [6.45, 7) is 12.7. The van der Waals surface area contributed by atoms with Gasteiger partial charge >= 0.3 is 0 Å². The largest absolute Gasteiger partial charge is 0.0882 e. The van der Waals surface area contributed by atoms with Crippen molar-refractivity contribution < 1.29 is 0 Å². The Kier molecular flexibility index (Phi) is 5.41. The van der Waals surface area contributed by atoms with Gasteiger partial charge in [-0.2, -0.15) is 0 Å². The van der Waals surface area contributed by atoms with Crippen LogP contribution >= 0.6 is 0 Å². The number of hydrogen-bond acceptors (Lipinski definition) is 0. The van der Waals surface area contributed by atoms with Gasteiger partial charge in [0.05, 0.1) is 0 Å². The molecule has 0 radical (unpaired) electrons. The van der Waals surface area contributed by atoms with Crippen molar-refractivity contribution in [2.75, 3.05) is 0 Å². The van der Waals surface area contributed by atoms with Gasteiger partial charge in [-0.25, -0.2) is 0 Å². The number of fused-ring (bicyclic) bond motifs is 5. The molecule has 27 heavy (non-hydrogen) atoms. The van der Waals surface area contributed by atoms with E-state index in [-0.39, 0.29) is 0 Å². The predicted octanol–water partition coefficient (Wildman–Crippen LogP) is 8.19. The van der Waals surface area contributed by atoms with Gasteiger partial charge in [-0.3, -0.25) is 0 Å². The van der Waals surface area contributed by atoms with Crippen LogP contribution in [0.5, 0.6) is 0 Å². The van der Waals surface area contributed by atoms with Crippen LogP contribution in [0.15, 0.2) is 23.8 Å². The Bertz CT molecular complexity index is 595. The third-order valence-corrected chi connectivity index (χ3v) is 9.83. The molecule has 4 aliphatic carbocycles. The van der Waals surface area contributed by atoms with E-state index in [1.807, 2.05) is 5.57 Å². The zero-order valence-corrected chi connectivity index (χ0v) is 18.8. The maximum Gasteiger partial charge on any atom is -0.0140 e. The minimum atomic E-state index is 0.557. The first-order valence-electron chi connectivity index (χ1n) is 12.2. The molecule has 0 nitrogen and oxygen atoms in total. The van der Waals surface area contributed by atoms with E-state index >= 15 is 0 Å². The van der Waals surface area contributed by atoms with Crippen LogP contribution in [0, 0.1) is 46.3 Å². The van der Waals surface area contributed by atoms with Gasteiger partial charge in [0.25, 0.3) is 0 Å². The zero-order chi connectivity index (χ0) is 19.2. The second-order valence-electron chi connectivity index (χ2n) is 11.7. The SMILES string of the molecule is CC(C)CCCC(C)C1CCC2C3=CCC4CC=CCC4(C)C3CCC21C. The maximum absolute atomic E-state index is 2.75. The Morgan fingerprint density at radius 1 is 0.926 bits per heavy atom. The summed E-state index contributed by atoms with van der Waals surface area (Å²) >= 11 is 0. The van der Waals surface area contributed by atoms with Crippen molar-refractivity contribution in [2.45, 2.75) is 98.8 Å². The lowest BCUT2D eigenvalue weighted by Crippen LogP contribution is -2.47. The second kappa shape index (κ2) is 7.38. The van der Waals surface area contributed by atoms with Crippen molar-refractivity contribution in [3.63, 3.8) is 0 Å². The van der Waals surface area contributed by atoms with Crippen LogP contribution in [-0.4, -0.2) is 0 Å². The third kappa shape index (κ3) is 3.28. The summed E-state index contributed by atoms with van der Waals surface area (Å²) in [5.74, 6) is 5.44. The Balaban J connectivity index is 1.50. The first-order valence-corrected chi connectivity index (χ1v) is 12.2. The summed E-state index contributed by atoms with van der Waals surface area (Å²) in [5, 5.41) is 0. The summed E-state index contributed by atoms with van der Waals surface area (Å²) < 4.78 is 0. The van der Waals surface area contributed by atoms with Gasteiger partial charge in [-0.1, -0.05) is 77.7 Å². The molecule has 0 saturated heterocycles. The smallest absolute Gasteiger partial charge is 0.0140 e. The Morgan fingerprint density at radius 3 is 2.48 bits per heavy atom. The lowest BCUT2D eigenvalue weighted by Gasteiger charge is -2.56. The predicted molar refractivity (Wildman–Crippen MR) is 118 cm³/mol. The van der Waals surface area contributed by atoms with Gasteiger partial charge in [0.1, 0.15) is 0 Å². The number of rotatable bonds is 5. The monoisotopic (exact) mass is 368 g/mol. The molecule has 0 aromatic carbocycles. The maximum atomic E-state index is 2.75. The van der Waals surface area contributed by atoms with Gasteiger partial charge in [-0.05, 0) is 91.3 Å². The molecule has 0 N–H and O–H groups in total. The molecule has 7 atom stereocenters. The molecular weight excluding hydrogens is 324 g/mol. The Hall–Kier alpha value is -0.520. The molecule has 4 rings (SSSR count). The lowest BCUT2D eigenvalue weighted by molar-refractivity contribution is 0.0122. The van der Waals surface area contributed by atoms with Gasteiger partial charge < -0.3 is 0 Å². The highest BCUT2D eigenvalue weighted by Gasteiger charge is 2.57. The van der Waals surface area contributed by atoms with Gasteiger partial charge in [0, 0.05) is 0 Å². The quantitative estimate of drug-likeness (QED) is 0.429. The van der Waals surface area contributed by atoms with E-state index in [1.165, 1.54) is 64.2 Å². The highest BCUT2D eigenvalue weighted by Crippen LogP contribution is 2.66. The van der Waals surface area contributed by atoms with Gasteiger partial charge in [-0.15, -0.1) is 0 Å². The van der Waals surface area contributed by atoms with Crippen molar-refractivity contribution in [1.82, 2.24) is 0 Å². The van der Waals surface area contributed by atoms with Crippen LogP contribution in [0.2, 0.25) is 0 Å². The van der Waals surface area contributed by atoms with Crippen LogP contribution < -0.4 is 0 Å². The van der Waals surface area contributed by atoms with Crippen molar-refractivity contribution in [3.05, 3.63) is 23.8 Å². The average molecular weight is 369 g/mol. The van der Waals surface area contributed by atoms with Crippen molar-refractivity contribution in [1.29, 1.82) is 0 Å². The number of allylic oxidation sites excluding steroid dienone is 4. The Labute approximate surface area is 169 Å². The molecule has 4 aliphatic rings. The Morgan fingerprint density at radius 2 is 1.70 bits per heavy atom. The minimum absolute atomic E-state index is 0.557. The van der Waals surface area contributed by atoms with Crippen molar-refractivity contribution in [2.24, 2.45) is 46.3 Å². The highest BCUT2D eigenvalue weighted by atomic mass is 14.6. The fourth-order valence-corrected chi connectivity index (χ4v) is 8.12. The molecule has 0 heterocycles. The third-order valence-electron chi connectivity index (χ3n) is 9.83. The molecule has 0 bridgehead atoms. The molecule has 0 aromatic rings. The molecule has 0 amide bonds. The number of hydrogen-bond donors (Lipinski definition) is 0. The van der Waals surface area contributed by atoms with Crippen molar-refractivity contribution >= 4 is 0 Å². The van der Waals surface area contributed by atoms with E-state index in [1.54, 1.807) is 0 Å². The van der Waals surface area contributed by atoms with Crippen LogP contribution in [0.25, 0.3) is 0 Å². The lowest BCUT2D eigenvalue weighted by atomic mass is 9.48. The second-order valence-corrected chi connectivity index (χ2v) is 11.7. The van der Waals surface area contributed by atoms with E-state index in [4.69, 9.17) is 0 Å².